The Bertz CT molecular complexity index is 397. The number of benzene rings is 1. The van der Waals surface area contributed by atoms with Crippen LogP contribution in [0.25, 0.3) is 0 Å². The Balaban J connectivity index is 1.75. The average molecular weight is 262 g/mol. The Morgan fingerprint density at radius 1 is 1.32 bits per heavy atom. The monoisotopic (exact) mass is 262 g/mol. The lowest BCUT2D eigenvalue weighted by atomic mass is 9.95. The summed E-state index contributed by atoms with van der Waals surface area (Å²) >= 11 is 0. The maximum absolute atomic E-state index is 11.3. The number of rotatable bonds is 5. The second kappa shape index (κ2) is 7.14. The van der Waals surface area contributed by atoms with Gasteiger partial charge < -0.3 is 15.4 Å². The standard InChI is InChI=1S/C15H22N2O2/c1-19-15(18)13-2-4-14(5-3-13)17-11-8-12-6-9-16-10-7-12/h2-5,12,16-17H,6-11H2,1H3. The molecule has 1 aliphatic heterocycles. The Morgan fingerprint density at radius 3 is 2.63 bits per heavy atom. The van der Waals surface area contributed by atoms with Gasteiger partial charge in [-0.2, -0.15) is 0 Å². The normalized spacial score (nSPS) is 16.1. The molecule has 0 radical (unpaired) electrons. The molecular formula is C15H22N2O2. The van der Waals surface area contributed by atoms with Gasteiger partial charge in [0.15, 0.2) is 0 Å². The van der Waals surface area contributed by atoms with Gasteiger partial charge in [-0.05, 0) is 62.5 Å². The van der Waals surface area contributed by atoms with E-state index in [1.165, 1.54) is 26.4 Å². The molecule has 0 unspecified atom stereocenters. The molecule has 1 aromatic carbocycles. The Kier molecular flexibility index (Phi) is 5.21. The molecule has 0 amide bonds. The number of hydrogen-bond acceptors (Lipinski definition) is 4. The highest BCUT2D eigenvalue weighted by Gasteiger charge is 2.12. The van der Waals surface area contributed by atoms with Gasteiger partial charge in [-0.1, -0.05) is 0 Å². The zero-order chi connectivity index (χ0) is 13.5. The lowest BCUT2D eigenvalue weighted by Crippen LogP contribution is -2.28. The van der Waals surface area contributed by atoms with Crippen LogP contribution in [0.15, 0.2) is 24.3 Å². The van der Waals surface area contributed by atoms with Gasteiger partial charge in [0, 0.05) is 12.2 Å². The highest BCUT2D eigenvalue weighted by Crippen LogP contribution is 2.16. The molecule has 0 spiro atoms. The molecule has 0 aromatic heterocycles. The number of methoxy groups -OCH3 is 1. The van der Waals surface area contributed by atoms with E-state index in [1.54, 1.807) is 12.1 Å². The van der Waals surface area contributed by atoms with Gasteiger partial charge in [0.2, 0.25) is 0 Å². The van der Waals surface area contributed by atoms with Crippen molar-refractivity contribution in [1.82, 2.24) is 5.32 Å². The number of hydrogen-bond donors (Lipinski definition) is 2. The fraction of sp³-hybridized carbons (Fsp3) is 0.533. The van der Waals surface area contributed by atoms with Crippen LogP contribution in [0.4, 0.5) is 5.69 Å². The Hall–Kier alpha value is -1.55. The van der Waals surface area contributed by atoms with Crippen LogP contribution < -0.4 is 10.6 Å². The number of carbonyl (C=O) groups excluding carboxylic acids is 1. The third-order valence-electron chi connectivity index (χ3n) is 3.65. The molecular weight excluding hydrogens is 240 g/mol. The predicted octanol–water partition coefficient (Wildman–Crippen LogP) is 2.27. The molecule has 1 aliphatic rings. The van der Waals surface area contributed by atoms with Crippen molar-refractivity contribution in [2.24, 2.45) is 5.92 Å². The first-order valence-electron chi connectivity index (χ1n) is 6.92. The first-order valence-corrected chi connectivity index (χ1v) is 6.92. The molecule has 1 saturated heterocycles. The molecule has 19 heavy (non-hydrogen) atoms. The smallest absolute Gasteiger partial charge is 0.337 e. The van der Waals surface area contributed by atoms with E-state index in [1.807, 2.05) is 12.1 Å². The Morgan fingerprint density at radius 2 is 2.00 bits per heavy atom. The van der Waals surface area contributed by atoms with Crippen molar-refractivity contribution < 1.29 is 9.53 Å². The minimum absolute atomic E-state index is 0.291. The number of nitrogens with one attached hydrogen (secondary N) is 2. The second-order valence-corrected chi connectivity index (χ2v) is 4.98. The molecule has 4 nitrogen and oxygen atoms in total. The highest BCUT2D eigenvalue weighted by molar-refractivity contribution is 5.89. The van der Waals surface area contributed by atoms with Crippen LogP contribution in [0.1, 0.15) is 29.6 Å². The number of piperidine rings is 1. The first-order chi connectivity index (χ1) is 9.29. The molecule has 104 valence electrons. The zero-order valence-electron chi connectivity index (χ0n) is 11.4. The molecule has 2 N–H and O–H groups in total. The summed E-state index contributed by atoms with van der Waals surface area (Å²) < 4.78 is 4.67. The molecule has 0 bridgehead atoms. The van der Waals surface area contributed by atoms with E-state index < -0.39 is 0 Å². The van der Waals surface area contributed by atoms with Crippen molar-refractivity contribution in [3.05, 3.63) is 29.8 Å². The summed E-state index contributed by atoms with van der Waals surface area (Å²) in [6.45, 7) is 3.29. The molecule has 2 rings (SSSR count). The van der Waals surface area contributed by atoms with Crippen LogP contribution in [0.3, 0.4) is 0 Å². The van der Waals surface area contributed by atoms with Crippen LogP contribution >= 0.6 is 0 Å². The third-order valence-corrected chi connectivity index (χ3v) is 3.65. The van der Waals surface area contributed by atoms with Gasteiger partial charge >= 0.3 is 5.97 Å². The summed E-state index contributed by atoms with van der Waals surface area (Å²) in [6, 6.07) is 7.43. The van der Waals surface area contributed by atoms with E-state index in [9.17, 15) is 4.79 Å². The van der Waals surface area contributed by atoms with E-state index in [0.29, 0.717) is 5.56 Å². The minimum Gasteiger partial charge on any atom is -0.465 e. The average Bonchev–Trinajstić information content (AvgIpc) is 2.48. The third kappa shape index (κ3) is 4.24. The van der Waals surface area contributed by atoms with Gasteiger partial charge in [-0.3, -0.25) is 0 Å². The maximum Gasteiger partial charge on any atom is 0.337 e. The van der Waals surface area contributed by atoms with Crippen LogP contribution in [0.2, 0.25) is 0 Å². The summed E-state index contributed by atoms with van der Waals surface area (Å²) in [5, 5.41) is 6.78. The van der Waals surface area contributed by atoms with Crippen molar-refractivity contribution in [3.63, 3.8) is 0 Å². The maximum atomic E-state index is 11.3. The van der Waals surface area contributed by atoms with E-state index in [4.69, 9.17) is 0 Å². The number of ether oxygens (including phenoxy) is 1. The Labute approximate surface area is 114 Å². The summed E-state index contributed by atoms with van der Waals surface area (Å²) in [5.41, 5.74) is 1.65. The summed E-state index contributed by atoms with van der Waals surface area (Å²) in [6.07, 6.45) is 3.77. The molecule has 0 aliphatic carbocycles. The molecule has 0 saturated carbocycles. The predicted molar refractivity (Wildman–Crippen MR) is 76.5 cm³/mol. The van der Waals surface area contributed by atoms with Gasteiger partial charge in [0.1, 0.15) is 0 Å². The number of carbonyl (C=O) groups is 1. The van der Waals surface area contributed by atoms with Crippen molar-refractivity contribution in [2.75, 3.05) is 32.1 Å². The van der Waals surface area contributed by atoms with Crippen LogP contribution in [0, 0.1) is 5.92 Å². The van der Waals surface area contributed by atoms with Crippen molar-refractivity contribution in [3.8, 4) is 0 Å². The van der Waals surface area contributed by atoms with Crippen LogP contribution in [-0.2, 0) is 4.74 Å². The SMILES string of the molecule is COC(=O)c1ccc(NCCC2CCNCC2)cc1. The molecule has 1 aromatic rings. The quantitative estimate of drug-likeness (QED) is 0.799. The summed E-state index contributed by atoms with van der Waals surface area (Å²) in [5.74, 6) is 0.546. The molecule has 4 heteroatoms. The van der Waals surface area contributed by atoms with Gasteiger partial charge in [-0.15, -0.1) is 0 Å². The fourth-order valence-corrected chi connectivity index (χ4v) is 2.43. The van der Waals surface area contributed by atoms with E-state index in [2.05, 4.69) is 15.4 Å². The van der Waals surface area contributed by atoms with Crippen molar-refractivity contribution >= 4 is 11.7 Å². The lowest BCUT2D eigenvalue weighted by Gasteiger charge is -2.22. The van der Waals surface area contributed by atoms with E-state index in [-0.39, 0.29) is 5.97 Å². The number of esters is 1. The number of anilines is 1. The van der Waals surface area contributed by atoms with Gasteiger partial charge in [0.05, 0.1) is 12.7 Å². The molecule has 0 atom stereocenters. The molecule has 1 fully saturated rings. The van der Waals surface area contributed by atoms with Crippen molar-refractivity contribution in [2.45, 2.75) is 19.3 Å². The molecule has 1 heterocycles. The minimum atomic E-state index is -0.291. The van der Waals surface area contributed by atoms with Crippen LogP contribution in [0.5, 0.6) is 0 Å². The fourth-order valence-electron chi connectivity index (χ4n) is 2.43. The largest absolute Gasteiger partial charge is 0.465 e. The van der Waals surface area contributed by atoms with Crippen LogP contribution in [-0.4, -0.2) is 32.7 Å². The van der Waals surface area contributed by atoms with Gasteiger partial charge in [0.25, 0.3) is 0 Å². The van der Waals surface area contributed by atoms with Gasteiger partial charge in [-0.25, -0.2) is 4.79 Å². The zero-order valence-corrected chi connectivity index (χ0v) is 11.4. The summed E-state index contributed by atoms with van der Waals surface area (Å²) in [7, 11) is 1.40. The van der Waals surface area contributed by atoms with E-state index >= 15 is 0 Å². The van der Waals surface area contributed by atoms with E-state index in [0.717, 1.165) is 31.2 Å². The second-order valence-electron chi connectivity index (χ2n) is 4.98. The lowest BCUT2D eigenvalue weighted by molar-refractivity contribution is 0.0601. The first kappa shape index (κ1) is 13.9. The highest BCUT2D eigenvalue weighted by atomic mass is 16.5. The summed E-state index contributed by atoms with van der Waals surface area (Å²) in [4.78, 5) is 11.3. The topological polar surface area (TPSA) is 50.4 Å². The van der Waals surface area contributed by atoms with Crippen molar-refractivity contribution in [1.29, 1.82) is 0 Å².